The molecule has 2 heterocycles. The highest BCUT2D eigenvalue weighted by molar-refractivity contribution is 7.21. The summed E-state index contributed by atoms with van der Waals surface area (Å²) in [6.07, 6.45) is -1.43. The third-order valence-corrected chi connectivity index (χ3v) is 6.89. The van der Waals surface area contributed by atoms with E-state index in [-0.39, 0.29) is 32.3 Å². The van der Waals surface area contributed by atoms with Crippen molar-refractivity contribution in [1.82, 2.24) is 4.98 Å². The second kappa shape index (κ2) is 10.2. The van der Waals surface area contributed by atoms with Crippen molar-refractivity contribution in [1.29, 1.82) is 0 Å². The van der Waals surface area contributed by atoms with Gasteiger partial charge in [0, 0.05) is 22.3 Å². The number of alkyl halides is 3. The van der Waals surface area contributed by atoms with E-state index in [9.17, 15) is 22.8 Å². The predicted octanol–water partition coefficient (Wildman–Crippen LogP) is 7.48. The van der Waals surface area contributed by atoms with Gasteiger partial charge in [-0.1, -0.05) is 44.2 Å². The van der Waals surface area contributed by atoms with Crippen LogP contribution < -0.4 is 11.1 Å². The van der Waals surface area contributed by atoms with Gasteiger partial charge in [0.1, 0.15) is 9.71 Å². The van der Waals surface area contributed by atoms with E-state index in [1.807, 2.05) is 24.3 Å². The minimum absolute atomic E-state index is 0.0431. The molecule has 0 atom stereocenters. The summed E-state index contributed by atoms with van der Waals surface area (Å²) in [5.41, 5.74) is 7.86. The number of allylic oxidation sites excluding steroid dienone is 1. The highest BCUT2D eigenvalue weighted by Gasteiger charge is 2.35. The normalized spacial score (nSPS) is 12.0. The third-order valence-electron chi connectivity index (χ3n) is 5.80. The maximum Gasteiger partial charge on any atom is 0.417 e. The van der Waals surface area contributed by atoms with Crippen LogP contribution in [0.1, 0.15) is 62.2 Å². The quantitative estimate of drug-likeness (QED) is 0.203. The van der Waals surface area contributed by atoms with E-state index in [1.54, 1.807) is 30.3 Å². The van der Waals surface area contributed by atoms with Gasteiger partial charge in [0.15, 0.2) is 5.78 Å². The smallest absolute Gasteiger partial charge is 0.397 e. The molecule has 0 spiro atoms. The molecule has 5 nitrogen and oxygen atoms in total. The van der Waals surface area contributed by atoms with Gasteiger partial charge in [0.05, 0.1) is 11.3 Å². The first kappa shape index (κ1) is 26.1. The van der Waals surface area contributed by atoms with Crippen LogP contribution in [0.3, 0.4) is 0 Å². The molecule has 2 aromatic carbocycles. The number of pyridine rings is 1. The minimum atomic E-state index is -4.64. The van der Waals surface area contributed by atoms with Crippen molar-refractivity contribution in [2.75, 3.05) is 11.1 Å². The number of anilines is 2. The van der Waals surface area contributed by atoms with Crippen molar-refractivity contribution in [3.8, 4) is 0 Å². The number of amides is 1. The molecule has 0 unspecified atom stereocenters. The van der Waals surface area contributed by atoms with E-state index in [1.165, 1.54) is 18.6 Å². The fourth-order valence-electron chi connectivity index (χ4n) is 3.80. The van der Waals surface area contributed by atoms with E-state index in [0.29, 0.717) is 17.2 Å². The summed E-state index contributed by atoms with van der Waals surface area (Å²) in [5.74, 6) is -0.442. The number of carbonyl (C=O) groups is 2. The minimum Gasteiger partial charge on any atom is -0.397 e. The van der Waals surface area contributed by atoms with Crippen LogP contribution in [0.4, 0.5) is 24.5 Å². The van der Waals surface area contributed by atoms with Crippen LogP contribution in [0, 0.1) is 6.92 Å². The highest BCUT2D eigenvalue weighted by atomic mass is 32.1. The lowest BCUT2D eigenvalue weighted by molar-refractivity contribution is -0.136. The number of ketones is 1. The van der Waals surface area contributed by atoms with Crippen LogP contribution in [0.5, 0.6) is 0 Å². The maximum atomic E-state index is 13.5. The molecular weight excluding hydrogens is 499 g/mol. The van der Waals surface area contributed by atoms with Gasteiger partial charge in [0.2, 0.25) is 0 Å². The summed E-state index contributed by atoms with van der Waals surface area (Å²) in [5, 5.41) is 2.35. The number of nitrogens with zero attached hydrogens (tertiary/aromatic N) is 1. The Bertz CT molecular complexity index is 1500. The average Bonchev–Trinajstić information content (AvgIpc) is 3.18. The van der Waals surface area contributed by atoms with Crippen molar-refractivity contribution >= 4 is 50.7 Å². The fraction of sp³-hybridized carbons (Fsp3) is 0.179. The summed E-state index contributed by atoms with van der Waals surface area (Å²) >= 11 is 0.799. The Hall–Kier alpha value is -3.98. The first-order valence-corrected chi connectivity index (χ1v) is 12.3. The van der Waals surface area contributed by atoms with Crippen LogP contribution >= 0.6 is 11.3 Å². The number of benzene rings is 2. The zero-order valence-electron chi connectivity index (χ0n) is 20.3. The molecule has 0 aliphatic carbocycles. The van der Waals surface area contributed by atoms with Crippen LogP contribution in [0.25, 0.3) is 16.3 Å². The second-order valence-electron chi connectivity index (χ2n) is 8.88. The number of halogens is 3. The summed E-state index contributed by atoms with van der Waals surface area (Å²) in [6.45, 7) is 5.67. The lowest BCUT2D eigenvalue weighted by Gasteiger charge is -2.09. The SMILES string of the molecule is Cc1cc(C(F)(F)F)c2c(N)c(C(=O)Nc3ccc(C(=O)C=Cc4ccc(C(C)C)cc4)cc3)sc2n1. The molecular formula is C28H24F3N3O2S. The number of hydrogen-bond acceptors (Lipinski definition) is 5. The molecule has 0 aliphatic rings. The van der Waals surface area contributed by atoms with Gasteiger partial charge in [0.25, 0.3) is 5.91 Å². The van der Waals surface area contributed by atoms with Crippen molar-refractivity contribution < 1.29 is 22.8 Å². The first-order valence-electron chi connectivity index (χ1n) is 11.4. The Morgan fingerprint density at radius 3 is 2.30 bits per heavy atom. The fourth-order valence-corrected chi connectivity index (χ4v) is 4.86. The number of nitrogens with one attached hydrogen (secondary N) is 1. The Balaban J connectivity index is 1.49. The van der Waals surface area contributed by atoms with Gasteiger partial charge in [-0.3, -0.25) is 9.59 Å². The monoisotopic (exact) mass is 523 g/mol. The van der Waals surface area contributed by atoms with E-state index in [2.05, 4.69) is 24.1 Å². The first-order chi connectivity index (χ1) is 17.4. The van der Waals surface area contributed by atoms with Crippen LogP contribution in [0.15, 0.2) is 60.7 Å². The Morgan fingerprint density at radius 1 is 1.05 bits per heavy atom. The molecule has 0 bridgehead atoms. The van der Waals surface area contributed by atoms with E-state index < -0.39 is 17.6 Å². The third kappa shape index (κ3) is 5.72. The Labute approximate surface area is 215 Å². The zero-order chi connectivity index (χ0) is 26.9. The van der Waals surface area contributed by atoms with Crippen molar-refractivity contribution in [3.63, 3.8) is 0 Å². The van der Waals surface area contributed by atoms with Crippen LogP contribution in [-0.4, -0.2) is 16.7 Å². The number of nitrogens with two attached hydrogens (primary N) is 1. The maximum absolute atomic E-state index is 13.5. The Morgan fingerprint density at radius 2 is 1.70 bits per heavy atom. The Kier molecular flexibility index (Phi) is 7.18. The van der Waals surface area contributed by atoms with Gasteiger partial charge in [-0.2, -0.15) is 13.2 Å². The molecule has 0 saturated heterocycles. The van der Waals surface area contributed by atoms with Crippen molar-refractivity contribution in [2.45, 2.75) is 32.9 Å². The van der Waals surface area contributed by atoms with Crippen molar-refractivity contribution in [2.24, 2.45) is 0 Å². The number of fused-ring (bicyclic) bond motifs is 1. The molecule has 9 heteroatoms. The summed E-state index contributed by atoms with van der Waals surface area (Å²) in [6, 6.07) is 15.1. The number of aryl methyl sites for hydroxylation is 1. The molecule has 190 valence electrons. The second-order valence-corrected chi connectivity index (χ2v) is 9.88. The van der Waals surface area contributed by atoms with E-state index in [0.717, 1.165) is 23.0 Å². The molecule has 3 N–H and O–H groups in total. The molecule has 4 aromatic rings. The van der Waals surface area contributed by atoms with Gasteiger partial charge < -0.3 is 11.1 Å². The van der Waals surface area contributed by atoms with Gasteiger partial charge in [-0.25, -0.2) is 4.98 Å². The van der Waals surface area contributed by atoms with Gasteiger partial charge in [-0.15, -0.1) is 11.3 Å². The topological polar surface area (TPSA) is 85.1 Å². The molecule has 1 amide bonds. The zero-order valence-corrected chi connectivity index (χ0v) is 21.1. The number of nitrogen functional groups attached to an aromatic ring is 1. The molecule has 0 saturated carbocycles. The summed E-state index contributed by atoms with van der Waals surface area (Å²) in [7, 11) is 0. The standard InChI is InChI=1S/C28H24F3N3O2S/c1-15(2)18-7-4-17(5-8-18)6-13-22(35)19-9-11-20(12-10-19)34-26(36)25-24(32)23-21(28(29,30)31)14-16(3)33-27(23)37-25/h4-15H,32H2,1-3H3,(H,34,36). The summed E-state index contributed by atoms with van der Waals surface area (Å²) in [4.78, 5) is 29.5. The lowest BCUT2D eigenvalue weighted by atomic mass is 10.0. The molecule has 0 aliphatic heterocycles. The van der Waals surface area contributed by atoms with Gasteiger partial charge in [-0.05, 0) is 60.4 Å². The van der Waals surface area contributed by atoms with E-state index in [4.69, 9.17) is 5.73 Å². The molecule has 0 fully saturated rings. The number of rotatable bonds is 6. The predicted molar refractivity (Wildman–Crippen MR) is 142 cm³/mol. The average molecular weight is 524 g/mol. The molecule has 0 radical (unpaired) electrons. The van der Waals surface area contributed by atoms with Gasteiger partial charge >= 0.3 is 6.18 Å². The number of aromatic nitrogens is 1. The lowest BCUT2D eigenvalue weighted by Crippen LogP contribution is -2.12. The highest BCUT2D eigenvalue weighted by Crippen LogP contribution is 2.42. The van der Waals surface area contributed by atoms with Crippen molar-refractivity contribution in [3.05, 3.63) is 93.5 Å². The van der Waals surface area contributed by atoms with Crippen LogP contribution in [0.2, 0.25) is 0 Å². The molecule has 4 rings (SSSR count). The largest absolute Gasteiger partial charge is 0.417 e. The summed E-state index contributed by atoms with van der Waals surface area (Å²) < 4.78 is 40.6. The number of hydrogen-bond donors (Lipinski definition) is 2. The number of carbonyl (C=O) groups excluding carboxylic acids is 2. The molecule has 2 aromatic heterocycles. The number of thiophene rings is 1. The van der Waals surface area contributed by atoms with E-state index >= 15 is 0 Å². The van der Waals surface area contributed by atoms with Crippen LogP contribution in [-0.2, 0) is 6.18 Å². The molecule has 37 heavy (non-hydrogen) atoms.